The second kappa shape index (κ2) is 7.53. The van der Waals surface area contributed by atoms with E-state index in [1.54, 1.807) is 42.5 Å². The average molecular weight is 428 g/mol. The molecular formula is C15H12Br2N2O3. The Morgan fingerprint density at radius 1 is 1.23 bits per heavy atom. The van der Waals surface area contributed by atoms with Crippen molar-refractivity contribution >= 4 is 44.0 Å². The number of aromatic hydroxyl groups is 1. The second-order valence-electron chi connectivity index (χ2n) is 4.37. The summed E-state index contributed by atoms with van der Waals surface area (Å²) in [5.74, 6) is -0.652. The van der Waals surface area contributed by atoms with Crippen molar-refractivity contribution in [3.63, 3.8) is 0 Å². The fraction of sp³-hybridized carbons (Fsp3) is 0.0667. The van der Waals surface area contributed by atoms with E-state index in [0.717, 1.165) is 4.47 Å². The molecule has 0 fully saturated rings. The Labute approximate surface area is 143 Å². The lowest BCUT2D eigenvalue weighted by Gasteiger charge is -2.08. The number of benzene rings is 2. The number of hydrazone groups is 1. The zero-order chi connectivity index (χ0) is 16.1. The maximum absolute atomic E-state index is 11.8. The molecule has 0 aliphatic heterocycles. The van der Waals surface area contributed by atoms with Crippen LogP contribution >= 0.6 is 31.9 Å². The van der Waals surface area contributed by atoms with Crippen LogP contribution in [0.2, 0.25) is 0 Å². The van der Waals surface area contributed by atoms with Gasteiger partial charge in [-0.1, -0.05) is 46.3 Å². The summed E-state index contributed by atoms with van der Waals surface area (Å²) >= 11 is 6.49. The Balaban J connectivity index is 2.05. The highest BCUT2D eigenvalue weighted by molar-refractivity contribution is 9.11. The maximum Gasteiger partial charge on any atom is 0.273 e. The van der Waals surface area contributed by atoms with Gasteiger partial charge < -0.3 is 10.2 Å². The minimum Gasteiger partial charge on any atom is -0.506 e. The number of phenols is 1. The molecule has 0 aromatic heterocycles. The first kappa shape index (κ1) is 16.7. The van der Waals surface area contributed by atoms with Gasteiger partial charge in [0.15, 0.2) is 6.10 Å². The summed E-state index contributed by atoms with van der Waals surface area (Å²) < 4.78 is 1.24. The molecule has 1 atom stereocenters. The molecule has 2 rings (SSSR count). The standard InChI is InChI=1S/C15H12Br2N2O3/c16-11-6-10(13(20)12(17)7-11)8-18-19-15(22)14(21)9-4-2-1-3-5-9/h1-8,14,20-21H,(H,19,22)/b18-8-/t14-/m1/s1. The molecule has 5 nitrogen and oxygen atoms in total. The van der Waals surface area contributed by atoms with Gasteiger partial charge >= 0.3 is 0 Å². The van der Waals surface area contributed by atoms with Gasteiger partial charge in [0, 0.05) is 10.0 Å². The number of phenolic OH excluding ortho intramolecular Hbond substituents is 1. The third-order valence-electron chi connectivity index (χ3n) is 2.80. The zero-order valence-electron chi connectivity index (χ0n) is 11.2. The number of nitrogens with zero attached hydrogens (tertiary/aromatic N) is 1. The summed E-state index contributed by atoms with van der Waals surface area (Å²) in [6.45, 7) is 0. The molecule has 3 N–H and O–H groups in total. The van der Waals surface area contributed by atoms with Crippen LogP contribution < -0.4 is 5.43 Å². The molecule has 7 heteroatoms. The number of amides is 1. The molecule has 0 aliphatic rings. The molecule has 0 bridgehead atoms. The van der Waals surface area contributed by atoms with Gasteiger partial charge in [0.05, 0.1) is 10.7 Å². The summed E-state index contributed by atoms with van der Waals surface area (Å²) in [7, 11) is 0. The summed E-state index contributed by atoms with van der Waals surface area (Å²) in [4.78, 5) is 11.8. The normalized spacial score (nSPS) is 12.3. The van der Waals surface area contributed by atoms with E-state index in [1.807, 2.05) is 0 Å². The van der Waals surface area contributed by atoms with E-state index >= 15 is 0 Å². The average Bonchev–Trinajstić information content (AvgIpc) is 2.51. The van der Waals surface area contributed by atoms with Crippen molar-refractivity contribution in [2.24, 2.45) is 5.10 Å². The van der Waals surface area contributed by atoms with Crippen LogP contribution in [0.4, 0.5) is 0 Å². The van der Waals surface area contributed by atoms with E-state index in [4.69, 9.17) is 0 Å². The molecule has 0 unspecified atom stereocenters. The third-order valence-corrected chi connectivity index (χ3v) is 3.86. The largest absolute Gasteiger partial charge is 0.506 e. The van der Waals surface area contributed by atoms with Crippen LogP contribution in [-0.2, 0) is 4.79 Å². The van der Waals surface area contributed by atoms with Crippen molar-refractivity contribution in [3.8, 4) is 5.75 Å². The summed E-state index contributed by atoms with van der Waals surface area (Å²) in [5.41, 5.74) is 3.12. The van der Waals surface area contributed by atoms with Crippen LogP contribution in [0.15, 0.2) is 56.5 Å². The molecule has 1 amide bonds. The van der Waals surface area contributed by atoms with Crippen molar-refractivity contribution < 1.29 is 15.0 Å². The molecule has 0 radical (unpaired) electrons. The Morgan fingerprint density at radius 2 is 1.91 bits per heavy atom. The highest BCUT2D eigenvalue weighted by Crippen LogP contribution is 2.30. The molecule has 0 saturated heterocycles. The Kier molecular flexibility index (Phi) is 5.70. The van der Waals surface area contributed by atoms with E-state index in [0.29, 0.717) is 15.6 Å². The number of hydrogen-bond donors (Lipinski definition) is 3. The number of nitrogens with one attached hydrogen (secondary N) is 1. The van der Waals surface area contributed by atoms with E-state index in [9.17, 15) is 15.0 Å². The molecule has 0 saturated carbocycles. The minimum absolute atomic E-state index is 0.00445. The Morgan fingerprint density at radius 3 is 2.59 bits per heavy atom. The van der Waals surface area contributed by atoms with Gasteiger partial charge in [-0.3, -0.25) is 4.79 Å². The predicted molar refractivity (Wildman–Crippen MR) is 90.6 cm³/mol. The van der Waals surface area contributed by atoms with E-state index < -0.39 is 12.0 Å². The molecule has 0 spiro atoms. The van der Waals surface area contributed by atoms with Gasteiger partial charge in [0.1, 0.15) is 5.75 Å². The Hall–Kier alpha value is -1.70. The fourth-order valence-electron chi connectivity index (χ4n) is 1.70. The summed E-state index contributed by atoms with van der Waals surface area (Å²) in [6.07, 6.45) is -0.0123. The first-order valence-corrected chi connectivity index (χ1v) is 7.81. The molecule has 0 heterocycles. The monoisotopic (exact) mass is 426 g/mol. The number of halogens is 2. The summed E-state index contributed by atoms with van der Waals surface area (Å²) in [6, 6.07) is 11.9. The maximum atomic E-state index is 11.8. The number of carbonyl (C=O) groups is 1. The molecule has 2 aromatic carbocycles. The number of aliphatic hydroxyl groups is 1. The first-order chi connectivity index (χ1) is 10.5. The van der Waals surface area contributed by atoms with Crippen LogP contribution in [0.25, 0.3) is 0 Å². The first-order valence-electron chi connectivity index (χ1n) is 6.23. The third kappa shape index (κ3) is 4.16. The smallest absolute Gasteiger partial charge is 0.273 e. The van der Waals surface area contributed by atoms with Crippen molar-refractivity contribution in [2.75, 3.05) is 0 Å². The molecule has 114 valence electrons. The molecular weight excluding hydrogens is 416 g/mol. The quantitative estimate of drug-likeness (QED) is 0.518. The van der Waals surface area contributed by atoms with Crippen LogP contribution in [0.3, 0.4) is 0 Å². The van der Waals surface area contributed by atoms with Crippen molar-refractivity contribution in [3.05, 3.63) is 62.5 Å². The topological polar surface area (TPSA) is 81.9 Å². The minimum atomic E-state index is -1.30. The van der Waals surface area contributed by atoms with Gasteiger partial charge in [-0.15, -0.1) is 0 Å². The number of carbonyl (C=O) groups excluding carboxylic acids is 1. The van der Waals surface area contributed by atoms with Gasteiger partial charge in [0.25, 0.3) is 5.91 Å². The van der Waals surface area contributed by atoms with Gasteiger partial charge in [-0.25, -0.2) is 5.43 Å². The fourth-order valence-corrected chi connectivity index (χ4v) is 2.96. The van der Waals surface area contributed by atoms with Crippen molar-refractivity contribution in [1.29, 1.82) is 0 Å². The SMILES string of the molecule is O=C(N/N=C\c1cc(Br)cc(Br)c1O)[C@H](O)c1ccccc1. The highest BCUT2D eigenvalue weighted by Gasteiger charge is 2.16. The lowest BCUT2D eigenvalue weighted by Crippen LogP contribution is -2.25. The number of aliphatic hydroxyl groups excluding tert-OH is 1. The number of hydrogen-bond acceptors (Lipinski definition) is 4. The van der Waals surface area contributed by atoms with Gasteiger partial charge in [-0.05, 0) is 33.6 Å². The molecule has 22 heavy (non-hydrogen) atoms. The lowest BCUT2D eigenvalue weighted by atomic mass is 10.1. The van der Waals surface area contributed by atoms with Crippen LogP contribution in [0, 0.1) is 0 Å². The zero-order valence-corrected chi connectivity index (χ0v) is 14.4. The van der Waals surface area contributed by atoms with E-state index in [-0.39, 0.29) is 5.75 Å². The van der Waals surface area contributed by atoms with Crippen molar-refractivity contribution in [1.82, 2.24) is 5.43 Å². The Bertz CT molecular complexity index is 705. The van der Waals surface area contributed by atoms with E-state index in [1.165, 1.54) is 6.21 Å². The van der Waals surface area contributed by atoms with Crippen LogP contribution in [-0.4, -0.2) is 22.3 Å². The van der Waals surface area contributed by atoms with Crippen LogP contribution in [0.1, 0.15) is 17.2 Å². The van der Waals surface area contributed by atoms with Gasteiger partial charge in [0.2, 0.25) is 0 Å². The van der Waals surface area contributed by atoms with E-state index in [2.05, 4.69) is 42.4 Å². The molecule has 0 aliphatic carbocycles. The number of rotatable bonds is 4. The van der Waals surface area contributed by atoms with Gasteiger partial charge in [-0.2, -0.15) is 5.10 Å². The van der Waals surface area contributed by atoms with Crippen LogP contribution in [0.5, 0.6) is 5.75 Å². The molecule has 2 aromatic rings. The highest BCUT2D eigenvalue weighted by atomic mass is 79.9. The van der Waals surface area contributed by atoms with Crippen molar-refractivity contribution in [2.45, 2.75) is 6.10 Å². The summed E-state index contributed by atoms with van der Waals surface area (Å²) in [5, 5.41) is 23.5. The lowest BCUT2D eigenvalue weighted by molar-refractivity contribution is -0.129. The predicted octanol–water partition coefficient (Wildman–Crippen LogP) is 3.10. The second-order valence-corrected chi connectivity index (χ2v) is 6.14.